The first-order chi connectivity index (χ1) is 14.2. The van der Waals surface area contributed by atoms with E-state index in [2.05, 4.69) is 18.8 Å². The monoisotopic (exact) mass is 401 g/mol. The number of unbranched alkanes of at least 4 members (excludes halogenated alkanes) is 9. The molecule has 29 heavy (non-hydrogen) atoms. The third-order valence-corrected chi connectivity index (χ3v) is 5.32. The lowest BCUT2D eigenvalue weighted by molar-refractivity contribution is 0.0526. The van der Waals surface area contributed by atoms with Gasteiger partial charge in [-0.3, -0.25) is 0 Å². The van der Waals surface area contributed by atoms with Gasteiger partial charge >= 0.3 is 5.97 Å². The fourth-order valence-corrected chi connectivity index (χ4v) is 3.48. The lowest BCUT2D eigenvalue weighted by Crippen LogP contribution is -2.05. The summed E-state index contributed by atoms with van der Waals surface area (Å²) in [6, 6.07) is 7.51. The molecule has 164 valence electrons. The van der Waals surface area contributed by atoms with Crippen molar-refractivity contribution in [3.8, 4) is 0 Å². The minimum atomic E-state index is -0.258. The molecule has 0 aliphatic rings. The van der Waals surface area contributed by atoms with Gasteiger partial charge < -0.3 is 10.1 Å². The van der Waals surface area contributed by atoms with Crippen molar-refractivity contribution in [2.45, 2.75) is 97.3 Å². The van der Waals surface area contributed by atoms with Crippen LogP contribution in [0.3, 0.4) is 0 Å². The maximum absolute atomic E-state index is 11.6. The van der Waals surface area contributed by atoms with Gasteiger partial charge in [-0.2, -0.15) is 0 Å². The average Bonchev–Trinajstić information content (AvgIpc) is 2.73. The molecule has 0 spiro atoms. The molecular formula is C26H43NO2. The van der Waals surface area contributed by atoms with Crippen LogP contribution in [0.25, 0.3) is 0 Å². The summed E-state index contributed by atoms with van der Waals surface area (Å²) in [5.41, 5.74) is 3.09. The molecule has 3 nitrogen and oxygen atoms in total. The summed E-state index contributed by atoms with van der Waals surface area (Å²) in [6.07, 6.45) is 17.0. The maximum Gasteiger partial charge on any atom is 0.338 e. The van der Waals surface area contributed by atoms with Crippen LogP contribution in [0.2, 0.25) is 0 Å². The van der Waals surface area contributed by atoms with Crippen molar-refractivity contribution in [2.75, 3.05) is 18.5 Å². The van der Waals surface area contributed by atoms with Crippen LogP contribution in [0.1, 0.15) is 108 Å². The first-order valence-corrected chi connectivity index (χ1v) is 11.8. The van der Waals surface area contributed by atoms with Gasteiger partial charge in [-0.25, -0.2) is 4.79 Å². The largest absolute Gasteiger partial charge is 0.462 e. The molecule has 1 aromatic rings. The van der Waals surface area contributed by atoms with E-state index in [-0.39, 0.29) is 5.97 Å². The molecule has 0 bridgehead atoms. The summed E-state index contributed by atoms with van der Waals surface area (Å²) in [5.74, 6) is -0.258. The predicted octanol–water partition coefficient (Wildman–Crippen LogP) is 7.92. The first kappa shape index (κ1) is 25.3. The number of carbonyl (C=O) groups is 1. The van der Waals surface area contributed by atoms with Crippen LogP contribution in [0.4, 0.5) is 5.69 Å². The number of allylic oxidation sites excluding steroid dienone is 1. The minimum absolute atomic E-state index is 0.258. The highest BCUT2D eigenvalue weighted by Gasteiger charge is 2.05. The molecule has 0 aliphatic carbocycles. The van der Waals surface area contributed by atoms with Crippen LogP contribution < -0.4 is 5.32 Å². The van der Waals surface area contributed by atoms with Crippen LogP contribution in [0.5, 0.6) is 0 Å². The van der Waals surface area contributed by atoms with E-state index in [1.54, 1.807) is 0 Å². The SMILES string of the molecule is C=C(CCCCCCCCCC)CCCCCNc1ccc(C(=O)OCC)cc1. The lowest BCUT2D eigenvalue weighted by Gasteiger charge is -2.08. The molecule has 0 fully saturated rings. The molecule has 0 unspecified atom stereocenters. The zero-order chi connectivity index (χ0) is 21.2. The van der Waals surface area contributed by atoms with Crippen molar-refractivity contribution >= 4 is 11.7 Å². The summed E-state index contributed by atoms with van der Waals surface area (Å²) >= 11 is 0. The lowest BCUT2D eigenvalue weighted by atomic mass is 10.0. The Morgan fingerprint density at radius 3 is 1.97 bits per heavy atom. The molecule has 0 amide bonds. The zero-order valence-corrected chi connectivity index (χ0v) is 18.9. The summed E-state index contributed by atoms with van der Waals surface area (Å²) in [4.78, 5) is 11.6. The quantitative estimate of drug-likeness (QED) is 0.154. The Morgan fingerprint density at radius 1 is 0.828 bits per heavy atom. The highest BCUT2D eigenvalue weighted by molar-refractivity contribution is 5.89. The van der Waals surface area contributed by atoms with Crippen LogP contribution >= 0.6 is 0 Å². The fraction of sp³-hybridized carbons (Fsp3) is 0.654. The smallest absolute Gasteiger partial charge is 0.338 e. The van der Waals surface area contributed by atoms with Gasteiger partial charge in [-0.1, -0.05) is 70.4 Å². The van der Waals surface area contributed by atoms with Gasteiger partial charge in [-0.05, 0) is 63.3 Å². The molecule has 0 saturated carbocycles. The molecule has 1 rings (SSSR count). The van der Waals surface area contributed by atoms with Crippen molar-refractivity contribution in [3.05, 3.63) is 42.0 Å². The van der Waals surface area contributed by atoms with Gasteiger partial charge in [0.15, 0.2) is 0 Å². The molecule has 3 heteroatoms. The molecule has 0 radical (unpaired) electrons. The van der Waals surface area contributed by atoms with E-state index in [0.717, 1.165) is 18.7 Å². The number of ether oxygens (including phenoxy) is 1. The van der Waals surface area contributed by atoms with Crippen LogP contribution in [-0.2, 0) is 4.74 Å². The molecular weight excluding hydrogens is 358 g/mol. The molecule has 0 aromatic heterocycles. The molecule has 1 N–H and O–H groups in total. The number of anilines is 1. The predicted molar refractivity (Wildman–Crippen MR) is 126 cm³/mol. The highest BCUT2D eigenvalue weighted by atomic mass is 16.5. The van der Waals surface area contributed by atoms with Gasteiger partial charge in [0.25, 0.3) is 0 Å². The Labute approximate surface area is 179 Å². The first-order valence-electron chi connectivity index (χ1n) is 11.8. The standard InChI is InChI=1S/C26H43NO2/c1-4-6-7-8-9-10-11-13-16-23(3)17-14-12-15-22-27-25-20-18-24(19-21-25)26(28)29-5-2/h18-21,27H,3-17,22H2,1-2H3. The minimum Gasteiger partial charge on any atom is -0.462 e. The van der Waals surface area contributed by atoms with Crippen molar-refractivity contribution in [2.24, 2.45) is 0 Å². The maximum atomic E-state index is 11.6. The number of hydrogen-bond acceptors (Lipinski definition) is 3. The van der Waals surface area contributed by atoms with Crippen molar-refractivity contribution in [1.29, 1.82) is 0 Å². The molecule has 0 saturated heterocycles. The second-order valence-electron chi connectivity index (χ2n) is 8.01. The second kappa shape index (κ2) is 17.1. The molecule has 0 aliphatic heterocycles. The van der Waals surface area contributed by atoms with Gasteiger partial charge in [0.05, 0.1) is 12.2 Å². The van der Waals surface area contributed by atoms with Crippen LogP contribution in [-0.4, -0.2) is 19.1 Å². The van der Waals surface area contributed by atoms with E-state index in [1.807, 2.05) is 31.2 Å². The molecule has 0 atom stereocenters. The Bertz CT molecular complexity index is 550. The van der Waals surface area contributed by atoms with Gasteiger partial charge in [0.2, 0.25) is 0 Å². The summed E-state index contributed by atoms with van der Waals surface area (Å²) in [6.45, 7) is 9.72. The van der Waals surface area contributed by atoms with E-state index in [1.165, 1.54) is 82.6 Å². The average molecular weight is 402 g/mol. The number of hydrogen-bond donors (Lipinski definition) is 1. The van der Waals surface area contributed by atoms with E-state index >= 15 is 0 Å². The molecule has 0 heterocycles. The van der Waals surface area contributed by atoms with Crippen molar-refractivity contribution < 1.29 is 9.53 Å². The zero-order valence-electron chi connectivity index (χ0n) is 18.9. The number of rotatable bonds is 18. The number of carbonyl (C=O) groups excluding carboxylic acids is 1. The second-order valence-corrected chi connectivity index (χ2v) is 8.01. The van der Waals surface area contributed by atoms with Gasteiger partial charge in [0.1, 0.15) is 0 Å². The third kappa shape index (κ3) is 13.1. The Kier molecular flexibility index (Phi) is 14.9. The summed E-state index contributed by atoms with van der Waals surface area (Å²) in [7, 11) is 0. The van der Waals surface area contributed by atoms with Gasteiger partial charge in [0, 0.05) is 12.2 Å². The third-order valence-electron chi connectivity index (χ3n) is 5.32. The van der Waals surface area contributed by atoms with Gasteiger partial charge in [-0.15, -0.1) is 0 Å². The molecule has 1 aromatic carbocycles. The summed E-state index contributed by atoms with van der Waals surface area (Å²) in [5, 5.41) is 3.42. The number of esters is 1. The van der Waals surface area contributed by atoms with Crippen LogP contribution in [0, 0.1) is 0 Å². The van der Waals surface area contributed by atoms with E-state index in [0.29, 0.717) is 12.2 Å². The Morgan fingerprint density at radius 2 is 1.38 bits per heavy atom. The number of nitrogens with one attached hydrogen (secondary N) is 1. The summed E-state index contributed by atoms with van der Waals surface area (Å²) < 4.78 is 5.00. The number of benzene rings is 1. The topological polar surface area (TPSA) is 38.3 Å². The van der Waals surface area contributed by atoms with E-state index in [4.69, 9.17) is 4.74 Å². The fourth-order valence-electron chi connectivity index (χ4n) is 3.48. The van der Waals surface area contributed by atoms with E-state index < -0.39 is 0 Å². The van der Waals surface area contributed by atoms with E-state index in [9.17, 15) is 4.79 Å². The van der Waals surface area contributed by atoms with Crippen molar-refractivity contribution in [1.82, 2.24) is 0 Å². The Balaban J connectivity index is 1.97. The Hall–Kier alpha value is -1.77. The van der Waals surface area contributed by atoms with Crippen LogP contribution in [0.15, 0.2) is 36.4 Å². The highest BCUT2D eigenvalue weighted by Crippen LogP contribution is 2.17. The van der Waals surface area contributed by atoms with Crippen molar-refractivity contribution in [3.63, 3.8) is 0 Å². The normalized spacial score (nSPS) is 10.7.